The number of piperazine rings is 1. The van der Waals surface area contributed by atoms with Crippen LogP contribution in [0.3, 0.4) is 0 Å². The first-order valence-corrected chi connectivity index (χ1v) is 11.4. The van der Waals surface area contributed by atoms with E-state index < -0.39 is 0 Å². The average Bonchev–Trinajstić information content (AvgIpc) is 3.43. The Bertz CT molecular complexity index is 910. The van der Waals surface area contributed by atoms with E-state index in [0.717, 1.165) is 55.8 Å². The largest absolute Gasteiger partial charge is 0.377 e. The predicted molar refractivity (Wildman–Crippen MR) is 113 cm³/mol. The summed E-state index contributed by atoms with van der Waals surface area (Å²) in [5, 5.41) is 5.60. The standard InChI is InChI=1S/C20H24N4OS2/c1-14-21-19(18-16(13-27-20(18)22-14)17-5-3-11-26-17)24-8-6-23(7-9-24)12-15-4-2-10-25-15/h3,5,11,13,15H,2,4,6-10,12H2,1H3/t15-/m0/s1. The summed E-state index contributed by atoms with van der Waals surface area (Å²) in [6.45, 7) is 8.18. The Kier molecular flexibility index (Phi) is 4.85. The van der Waals surface area contributed by atoms with Gasteiger partial charge in [-0.3, -0.25) is 4.90 Å². The molecular weight excluding hydrogens is 376 g/mol. The maximum atomic E-state index is 5.81. The van der Waals surface area contributed by atoms with Crippen LogP contribution in [0.5, 0.6) is 0 Å². The summed E-state index contributed by atoms with van der Waals surface area (Å²) >= 11 is 3.51. The van der Waals surface area contributed by atoms with Gasteiger partial charge in [-0.05, 0) is 31.2 Å². The molecule has 0 bridgehead atoms. The number of thiophene rings is 2. The van der Waals surface area contributed by atoms with Crippen LogP contribution in [0.1, 0.15) is 18.7 Å². The molecule has 1 atom stereocenters. The summed E-state index contributed by atoms with van der Waals surface area (Å²) < 4.78 is 5.81. The van der Waals surface area contributed by atoms with Crippen molar-refractivity contribution in [2.45, 2.75) is 25.9 Å². The number of aryl methyl sites for hydroxylation is 1. The van der Waals surface area contributed by atoms with Gasteiger partial charge in [0.25, 0.3) is 0 Å². The van der Waals surface area contributed by atoms with E-state index >= 15 is 0 Å². The lowest BCUT2D eigenvalue weighted by atomic mass is 10.1. The zero-order valence-corrected chi connectivity index (χ0v) is 17.2. The molecule has 5 heterocycles. The van der Waals surface area contributed by atoms with E-state index in [9.17, 15) is 0 Å². The summed E-state index contributed by atoms with van der Waals surface area (Å²) in [5.74, 6) is 1.97. The van der Waals surface area contributed by atoms with Crippen LogP contribution in [0.25, 0.3) is 20.7 Å². The molecule has 2 aliphatic heterocycles. The highest BCUT2D eigenvalue weighted by Crippen LogP contribution is 2.40. The van der Waals surface area contributed by atoms with Crippen LogP contribution < -0.4 is 4.90 Å². The molecule has 2 fully saturated rings. The molecule has 0 N–H and O–H groups in total. The van der Waals surface area contributed by atoms with Gasteiger partial charge in [0.2, 0.25) is 0 Å². The molecule has 7 heteroatoms. The topological polar surface area (TPSA) is 41.5 Å². The van der Waals surface area contributed by atoms with Crippen LogP contribution in [0, 0.1) is 6.92 Å². The van der Waals surface area contributed by atoms with Crippen molar-refractivity contribution >= 4 is 38.7 Å². The van der Waals surface area contributed by atoms with Crippen molar-refractivity contribution in [3.05, 3.63) is 28.7 Å². The zero-order valence-electron chi connectivity index (χ0n) is 15.6. The molecule has 2 saturated heterocycles. The number of rotatable bonds is 4. The van der Waals surface area contributed by atoms with Crippen molar-refractivity contribution in [2.75, 3.05) is 44.2 Å². The number of aromatic nitrogens is 2. The van der Waals surface area contributed by atoms with Crippen LogP contribution in [-0.2, 0) is 4.74 Å². The monoisotopic (exact) mass is 400 g/mol. The fourth-order valence-corrected chi connectivity index (χ4v) is 5.89. The number of nitrogens with zero attached hydrogens (tertiary/aromatic N) is 4. The second-order valence-corrected chi connectivity index (χ2v) is 9.13. The smallest absolute Gasteiger partial charge is 0.141 e. The van der Waals surface area contributed by atoms with E-state index in [-0.39, 0.29) is 0 Å². The van der Waals surface area contributed by atoms with Crippen LogP contribution in [0.2, 0.25) is 0 Å². The third-order valence-electron chi connectivity index (χ3n) is 5.47. The summed E-state index contributed by atoms with van der Waals surface area (Å²) in [6.07, 6.45) is 2.86. The van der Waals surface area contributed by atoms with Crippen molar-refractivity contribution < 1.29 is 4.74 Å². The minimum atomic E-state index is 0.437. The van der Waals surface area contributed by atoms with E-state index in [1.165, 1.54) is 28.7 Å². The number of ether oxygens (including phenoxy) is 1. The Labute approximate surface area is 167 Å². The minimum absolute atomic E-state index is 0.437. The first kappa shape index (κ1) is 17.6. The second-order valence-electron chi connectivity index (χ2n) is 7.32. The molecule has 5 nitrogen and oxygen atoms in total. The Balaban J connectivity index is 1.40. The molecule has 0 aliphatic carbocycles. The van der Waals surface area contributed by atoms with Crippen LogP contribution in [0.4, 0.5) is 5.82 Å². The van der Waals surface area contributed by atoms with Gasteiger partial charge in [0.1, 0.15) is 16.5 Å². The minimum Gasteiger partial charge on any atom is -0.377 e. The molecule has 3 aromatic heterocycles. The molecule has 0 radical (unpaired) electrons. The van der Waals surface area contributed by atoms with Crippen LogP contribution in [-0.4, -0.2) is 60.3 Å². The van der Waals surface area contributed by atoms with Gasteiger partial charge in [0, 0.05) is 55.2 Å². The Hall–Kier alpha value is -1.54. The summed E-state index contributed by atoms with van der Waals surface area (Å²) in [4.78, 5) is 17.0. The molecule has 0 spiro atoms. The Morgan fingerprint density at radius 3 is 2.81 bits per heavy atom. The van der Waals surface area contributed by atoms with Crippen molar-refractivity contribution in [2.24, 2.45) is 0 Å². The van der Waals surface area contributed by atoms with Gasteiger partial charge in [0.15, 0.2) is 0 Å². The first-order chi connectivity index (χ1) is 13.3. The van der Waals surface area contributed by atoms with Crippen molar-refractivity contribution in [3.8, 4) is 10.4 Å². The molecule has 142 valence electrons. The third kappa shape index (κ3) is 3.49. The normalized spacial score (nSPS) is 21.4. The van der Waals surface area contributed by atoms with E-state index in [1.807, 2.05) is 6.92 Å². The maximum absolute atomic E-state index is 5.81. The number of fused-ring (bicyclic) bond motifs is 1. The zero-order chi connectivity index (χ0) is 18.2. The van der Waals surface area contributed by atoms with E-state index in [2.05, 4.69) is 32.7 Å². The van der Waals surface area contributed by atoms with Gasteiger partial charge in [-0.15, -0.1) is 22.7 Å². The van der Waals surface area contributed by atoms with E-state index in [4.69, 9.17) is 14.7 Å². The van der Waals surface area contributed by atoms with Crippen LogP contribution >= 0.6 is 22.7 Å². The van der Waals surface area contributed by atoms with Crippen molar-refractivity contribution in [1.29, 1.82) is 0 Å². The molecule has 27 heavy (non-hydrogen) atoms. The molecular formula is C20H24N4OS2. The molecule has 0 amide bonds. The second kappa shape index (κ2) is 7.47. The SMILES string of the molecule is Cc1nc(N2CCN(C[C@@H]3CCCO3)CC2)c2c(-c3cccs3)csc2n1. The fourth-order valence-electron chi connectivity index (χ4n) is 4.09. The average molecular weight is 401 g/mol. The maximum Gasteiger partial charge on any atom is 0.141 e. The Morgan fingerprint density at radius 2 is 2.07 bits per heavy atom. The summed E-state index contributed by atoms with van der Waals surface area (Å²) in [6, 6.07) is 4.30. The highest BCUT2D eigenvalue weighted by Gasteiger charge is 2.25. The van der Waals surface area contributed by atoms with E-state index in [0.29, 0.717) is 6.10 Å². The first-order valence-electron chi connectivity index (χ1n) is 9.66. The molecule has 3 aromatic rings. The van der Waals surface area contributed by atoms with Crippen molar-refractivity contribution in [3.63, 3.8) is 0 Å². The van der Waals surface area contributed by atoms with Gasteiger partial charge < -0.3 is 9.64 Å². The highest BCUT2D eigenvalue weighted by atomic mass is 32.1. The van der Waals surface area contributed by atoms with Crippen molar-refractivity contribution in [1.82, 2.24) is 14.9 Å². The molecule has 0 saturated carbocycles. The lowest BCUT2D eigenvalue weighted by Gasteiger charge is -2.36. The van der Waals surface area contributed by atoms with Gasteiger partial charge >= 0.3 is 0 Å². The molecule has 2 aliphatic rings. The number of anilines is 1. The lowest BCUT2D eigenvalue weighted by Crippen LogP contribution is -2.48. The van der Waals surface area contributed by atoms with Gasteiger partial charge in [-0.2, -0.15) is 0 Å². The van der Waals surface area contributed by atoms with E-state index in [1.54, 1.807) is 22.7 Å². The number of hydrogen-bond donors (Lipinski definition) is 0. The fraction of sp³-hybridized carbons (Fsp3) is 0.500. The van der Waals surface area contributed by atoms with Gasteiger partial charge in [-0.25, -0.2) is 9.97 Å². The van der Waals surface area contributed by atoms with Crippen LogP contribution in [0.15, 0.2) is 22.9 Å². The quantitative estimate of drug-likeness (QED) is 0.661. The van der Waals surface area contributed by atoms with Gasteiger partial charge in [-0.1, -0.05) is 6.07 Å². The number of hydrogen-bond acceptors (Lipinski definition) is 7. The lowest BCUT2D eigenvalue weighted by molar-refractivity contribution is 0.0712. The third-order valence-corrected chi connectivity index (χ3v) is 7.25. The molecule has 0 aromatic carbocycles. The predicted octanol–water partition coefficient (Wildman–Crippen LogP) is 4.03. The summed E-state index contributed by atoms with van der Waals surface area (Å²) in [5.41, 5.74) is 1.28. The highest BCUT2D eigenvalue weighted by molar-refractivity contribution is 7.18. The molecule has 0 unspecified atom stereocenters. The van der Waals surface area contributed by atoms with Gasteiger partial charge in [0.05, 0.1) is 11.5 Å². The molecule has 5 rings (SSSR count). The summed E-state index contributed by atoms with van der Waals surface area (Å²) in [7, 11) is 0. The Morgan fingerprint density at radius 1 is 1.19 bits per heavy atom.